The SMILES string of the molecule is Cc1c(O)c(OC(=O)O)c(C)c(Cl)c1Cl. The van der Waals surface area contributed by atoms with E-state index in [4.69, 9.17) is 28.3 Å². The van der Waals surface area contributed by atoms with E-state index in [1.807, 2.05) is 0 Å². The van der Waals surface area contributed by atoms with Crippen LogP contribution in [0.5, 0.6) is 11.5 Å². The lowest BCUT2D eigenvalue weighted by molar-refractivity contribution is 0.142. The Bertz CT molecular complexity index is 400. The Labute approximate surface area is 96.0 Å². The predicted molar refractivity (Wildman–Crippen MR) is 56.3 cm³/mol. The summed E-state index contributed by atoms with van der Waals surface area (Å²) in [5, 5.41) is 18.4. The molecule has 0 aliphatic carbocycles. The number of benzene rings is 1. The average Bonchev–Trinajstić information content (AvgIpc) is 2.18. The first-order chi connectivity index (χ1) is 6.86. The second-order valence-corrected chi connectivity index (χ2v) is 3.68. The van der Waals surface area contributed by atoms with Crippen molar-refractivity contribution in [2.75, 3.05) is 0 Å². The molecule has 0 saturated carbocycles. The molecule has 1 aromatic carbocycles. The van der Waals surface area contributed by atoms with E-state index in [2.05, 4.69) is 4.74 Å². The van der Waals surface area contributed by atoms with Gasteiger partial charge >= 0.3 is 6.16 Å². The Morgan fingerprint density at radius 2 is 1.67 bits per heavy atom. The Morgan fingerprint density at radius 1 is 1.20 bits per heavy atom. The zero-order valence-corrected chi connectivity index (χ0v) is 9.48. The van der Waals surface area contributed by atoms with Crippen LogP contribution >= 0.6 is 23.2 Å². The Hall–Kier alpha value is -1.13. The molecule has 0 atom stereocenters. The monoisotopic (exact) mass is 250 g/mol. The maximum absolute atomic E-state index is 10.4. The third-order valence-corrected chi connectivity index (χ3v) is 2.99. The summed E-state index contributed by atoms with van der Waals surface area (Å²) in [6, 6.07) is 0. The van der Waals surface area contributed by atoms with Gasteiger partial charge in [0.2, 0.25) is 0 Å². The highest BCUT2D eigenvalue weighted by Crippen LogP contribution is 2.43. The summed E-state index contributed by atoms with van der Waals surface area (Å²) >= 11 is 11.6. The van der Waals surface area contributed by atoms with Crippen molar-refractivity contribution >= 4 is 29.4 Å². The van der Waals surface area contributed by atoms with Gasteiger partial charge in [0.1, 0.15) is 0 Å². The molecule has 4 nitrogen and oxygen atoms in total. The standard InChI is InChI=1S/C9H8Cl2O4/c1-3-5(10)6(11)4(2)8(7(3)12)15-9(13)14/h12H,1-2H3,(H,13,14). The van der Waals surface area contributed by atoms with E-state index >= 15 is 0 Å². The normalized spacial score (nSPS) is 10.1. The lowest BCUT2D eigenvalue weighted by atomic mass is 10.1. The predicted octanol–water partition coefficient (Wildman–Crippen LogP) is 3.37. The number of carbonyl (C=O) groups is 1. The summed E-state index contributed by atoms with van der Waals surface area (Å²) in [5.41, 5.74) is 0.565. The smallest absolute Gasteiger partial charge is 0.504 e. The average molecular weight is 251 g/mol. The molecular weight excluding hydrogens is 243 g/mol. The van der Waals surface area contributed by atoms with E-state index in [1.165, 1.54) is 13.8 Å². The Kier molecular flexibility index (Phi) is 3.31. The fourth-order valence-corrected chi connectivity index (χ4v) is 1.55. The van der Waals surface area contributed by atoms with Gasteiger partial charge in [-0.3, -0.25) is 0 Å². The van der Waals surface area contributed by atoms with Crippen molar-refractivity contribution < 1.29 is 19.7 Å². The van der Waals surface area contributed by atoms with Crippen LogP contribution in [0.25, 0.3) is 0 Å². The van der Waals surface area contributed by atoms with Gasteiger partial charge in [0.25, 0.3) is 0 Å². The minimum absolute atomic E-state index is 0.170. The quantitative estimate of drug-likeness (QED) is 0.593. The lowest BCUT2D eigenvalue weighted by Gasteiger charge is -2.12. The Balaban J connectivity index is 3.45. The third kappa shape index (κ3) is 2.11. The van der Waals surface area contributed by atoms with Crippen LogP contribution < -0.4 is 4.74 Å². The summed E-state index contributed by atoms with van der Waals surface area (Å²) in [7, 11) is 0. The number of rotatable bonds is 1. The van der Waals surface area contributed by atoms with Crippen molar-refractivity contribution in [2.45, 2.75) is 13.8 Å². The molecule has 0 heterocycles. The molecule has 82 valence electrons. The fourth-order valence-electron chi connectivity index (χ4n) is 1.09. The number of hydrogen-bond donors (Lipinski definition) is 2. The van der Waals surface area contributed by atoms with Gasteiger partial charge in [0, 0.05) is 11.1 Å². The maximum Gasteiger partial charge on any atom is 0.511 e. The van der Waals surface area contributed by atoms with Crippen LogP contribution in [-0.4, -0.2) is 16.4 Å². The summed E-state index contributed by atoms with van der Waals surface area (Å²) in [5.74, 6) is -0.501. The highest BCUT2D eigenvalue weighted by Gasteiger charge is 2.20. The van der Waals surface area contributed by atoms with Gasteiger partial charge in [-0.05, 0) is 13.8 Å². The topological polar surface area (TPSA) is 66.8 Å². The van der Waals surface area contributed by atoms with Crippen molar-refractivity contribution in [3.8, 4) is 11.5 Å². The van der Waals surface area contributed by atoms with Crippen LogP contribution in [0.4, 0.5) is 4.79 Å². The van der Waals surface area contributed by atoms with E-state index in [9.17, 15) is 9.90 Å². The molecule has 1 aromatic rings. The van der Waals surface area contributed by atoms with Gasteiger partial charge in [0.05, 0.1) is 10.0 Å². The van der Waals surface area contributed by atoms with Crippen LogP contribution in [0.1, 0.15) is 11.1 Å². The lowest BCUT2D eigenvalue weighted by Crippen LogP contribution is -2.05. The molecule has 0 aliphatic heterocycles. The first-order valence-corrected chi connectivity index (χ1v) is 4.69. The van der Waals surface area contributed by atoms with Gasteiger partial charge in [-0.2, -0.15) is 0 Å². The first kappa shape index (κ1) is 11.9. The molecule has 0 unspecified atom stereocenters. The zero-order chi connectivity index (χ0) is 11.7. The second kappa shape index (κ2) is 4.16. The summed E-state index contributed by atoms with van der Waals surface area (Å²) in [6.07, 6.45) is -1.52. The highest BCUT2D eigenvalue weighted by atomic mass is 35.5. The molecule has 1 rings (SSSR count). The molecule has 15 heavy (non-hydrogen) atoms. The van der Waals surface area contributed by atoms with Crippen LogP contribution in [0, 0.1) is 13.8 Å². The molecule has 0 aromatic heterocycles. The summed E-state index contributed by atoms with van der Waals surface area (Å²) in [6.45, 7) is 3.02. The number of phenols is 1. The van der Waals surface area contributed by atoms with Gasteiger partial charge in [-0.25, -0.2) is 4.79 Å². The third-order valence-electron chi connectivity index (χ3n) is 1.95. The molecular formula is C9H8Cl2O4. The molecule has 0 fully saturated rings. The van der Waals surface area contributed by atoms with Crippen molar-refractivity contribution in [2.24, 2.45) is 0 Å². The minimum Gasteiger partial charge on any atom is -0.504 e. The van der Waals surface area contributed by atoms with E-state index < -0.39 is 6.16 Å². The largest absolute Gasteiger partial charge is 0.511 e. The van der Waals surface area contributed by atoms with Gasteiger partial charge in [0.15, 0.2) is 11.5 Å². The van der Waals surface area contributed by atoms with E-state index in [0.717, 1.165) is 0 Å². The number of hydrogen-bond acceptors (Lipinski definition) is 3. The molecule has 2 N–H and O–H groups in total. The van der Waals surface area contributed by atoms with E-state index in [1.54, 1.807) is 0 Å². The number of carboxylic acid groups (broad SMARTS) is 1. The molecule has 0 saturated heterocycles. The van der Waals surface area contributed by atoms with Crippen molar-refractivity contribution in [1.82, 2.24) is 0 Å². The molecule has 0 aliphatic rings. The van der Waals surface area contributed by atoms with Gasteiger partial charge in [-0.1, -0.05) is 23.2 Å². The molecule has 0 radical (unpaired) electrons. The number of aromatic hydroxyl groups is 1. The van der Waals surface area contributed by atoms with E-state index in [0.29, 0.717) is 0 Å². The van der Waals surface area contributed by atoms with Crippen LogP contribution in [0.3, 0.4) is 0 Å². The van der Waals surface area contributed by atoms with Crippen molar-refractivity contribution in [3.63, 3.8) is 0 Å². The van der Waals surface area contributed by atoms with Crippen LogP contribution in [-0.2, 0) is 0 Å². The highest BCUT2D eigenvalue weighted by molar-refractivity contribution is 6.43. The van der Waals surface area contributed by atoms with Crippen molar-refractivity contribution in [3.05, 3.63) is 21.2 Å². The molecule has 0 amide bonds. The summed E-state index contributed by atoms with van der Waals surface area (Å²) in [4.78, 5) is 10.4. The number of phenolic OH excluding ortho intramolecular Hbond substituents is 1. The Morgan fingerprint density at radius 3 is 2.13 bits per heavy atom. The molecule has 6 heteroatoms. The fraction of sp³-hybridized carbons (Fsp3) is 0.222. The van der Waals surface area contributed by atoms with Gasteiger partial charge < -0.3 is 14.9 Å². The van der Waals surface area contributed by atoms with Crippen molar-refractivity contribution in [1.29, 1.82) is 0 Å². The zero-order valence-electron chi connectivity index (χ0n) is 7.97. The molecule has 0 spiro atoms. The minimum atomic E-state index is -1.52. The van der Waals surface area contributed by atoms with Crippen LogP contribution in [0.15, 0.2) is 0 Å². The van der Waals surface area contributed by atoms with E-state index in [-0.39, 0.29) is 32.7 Å². The first-order valence-electron chi connectivity index (χ1n) is 3.94. The number of halogens is 2. The summed E-state index contributed by atoms with van der Waals surface area (Å²) < 4.78 is 4.42. The second-order valence-electron chi connectivity index (χ2n) is 2.92. The molecule has 0 bridgehead atoms. The van der Waals surface area contributed by atoms with Gasteiger partial charge in [-0.15, -0.1) is 0 Å². The van der Waals surface area contributed by atoms with Crippen LogP contribution in [0.2, 0.25) is 10.0 Å². The maximum atomic E-state index is 10.4. The number of ether oxygens (including phenoxy) is 1.